The molecule has 2 aliphatic heterocycles. The van der Waals surface area contributed by atoms with Crippen LogP contribution in [0.25, 0.3) is 0 Å². The summed E-state index contributed by atoms with van der Waals surface area (Å²) < 4.78 is 0. The van der Waals surface area contributed by atoms with Crippen LogP contribution in [0.4, 0.5) is 5.69 Å². The minimum absolute atomic E-state index is 0.224. The molecule has 3 aliphatic rings. The number of fused-ring (bicyclic) bond motifs is 2. The zero-order valence-corrected chi connectivity index (χ0v) is 13.5. The second-order valence-corrected chi connectivity index (χ2v) is 7.40. The van der Waals surface area contributed by atoms with Gasteiger partial charge in [0.1, 0.15) is 0 Å². The van der Waals surface area contributed by atoms with Crippen molar-refractivity contribution >= 4 is 11.6 Å². The Hall–Kier alpha value is -1.35. The second-order valence-electron chi connectivity index (χ2n) is 7.40. The topological polar surface area (TPSA) is 32.3 Å². The number of amides is 1. The first-order valence-corrected chi connectivity index (χ1v) is 8.86. The minimum Gasteiger partial charge on any atom is -0.325 e. The Labute approximate surface area is 133 Å². The lowest BCUT2D eigenvalue weighted by atomic mass is 9.73. The smallest absolute Gasteiger partial charge is 0.235 e. The summed E-state index contributed by atoms with van der Waals surface area (Å²) in [6, 6.07) is 8.93. The van der Waals surface area contributed by atoms with Gasteiger partial charge in [-0.2, -0.15) is 0 Å². The van der Waals surface area contributed by atoms with Crippen LogP contribution in [0.2, 0.25) is 0 Å². The third kappa shape index (κ3) is 2.10. The van der Waals surface area contributed by atoms with Crippen LogP contribution in [0.15, 0.2) is 24.3 Å². The van der Waals surface area contributed by atoms with Crippen molar-refractivity contribution in [2.24, 2.45) is 5.92 Å². The number of rotatable bonds is 2. The molecule has 1 amide bonds. The number of anilines is 1. The Morgan fingerprint density at radius 2 is 1.86 bits per heavy atom. The number of nitrogens with one attached hydrogen (secondary N) is 1. The first kappa shape index (κ1) is 14.3. The monoisotopic (exact) mass is 298 g/mol. The van der Waals surface area contributed by atoms with Gasteiger partial charge in [0.05, 0.1) is 5.41 Å². The zero-order valence-electron chi connectivity index (χ0n) is 13.5. The van der Waals surface area contributed by atoms with Crippen LogP contribution in [0.1, 0.15) is 51.0 Å². The van der Waals surface area contributed by atoms with E-state index in [0.717, 1.165) is 37.5 Å². The van der Waals surface area contributed by atoms with Crippen molar-refractivity contribution in [1.29, 1.82) is 0 Å². The molecular formula is C19H26N2O. The van der Waals surface area contributed by atoms with Crippen molar-refractivity contribution in [3.05, 3.63) is 29.8 Å². The molecule has 0 radical (unpaired) electrons. The highest BCUT2D eigenvalue weighted by molar-refractivity contribution is 6.06. The fourth-order valence-electron chi connectivity index (χ4n) is 4.92. The molecule has 2 fully saturated rings. The molecule has 1 atom stereocenters. The highest BCUT2D eigenvalue weighted by Crippen LogP contribution is 2.45. The average Bonchev–Trinajstić information content (AvgIpc) is 3.16. The summed E-state index contributed by atoms with van der Waals surface area (Å²) >= 11 is 0. The molecule has 1 spiro atoms. The summed E-state index contributed by atoms with van der Waals surface area (Å²) in [5, 5.41) is 3.10. The molecule has 3 nitrogen and oxygen atoms in total. The van der Waals surface area contributed by atoms with Gasteiger partial charge in [0, 0.05) is 11.7 Å². The SMILES string of the molecule is CC(C1CCCC1)N1CCC2(CC1)C(=O)Nc1ccccc12. The first-order valence-electron chi connectivity index (χ1n) is 8.86. The van der Waals surface area contributed by atoms with Gasteiger partial charge in [-0.15, -0.1) is 0 Å². The van der Waals surface area contributed by atoms with Crippen LogP contribution in [0.5, 0.6) is 0 Å². The van der Waals surface area contributed by atoms with Crippen molar-refractivity contribution in [2.75, 3.05) is 18.4 Å². The molecular weight excluding hydrogens is 272 g/mol. The highest BCUT2D eigenvalue weighted by atomic mass is 16.2. The molecule has 1 saturated carbocycles. The normalized spacial score (nSPS) is 26.1. The van der Waals surface area contributed by atoms with Crippen LogP contribution in [-0.2, 0) is 10.2 Å². The van der Waals surface area contributed by atoms with Gasteiger partial charge in [0.2, 0.25) is 5.91 Å². The molecule has 1 aromatic rings. The molecule has 1 saturated heterocycles. The van der Waals surface area contributed by atoms with Gasteiger partial charge in [-0.05, 0) is 63.2 Å². The van der Waals surface area contributed by atoms with E-state index in [0.29, 0.717) is 6.04 Å². The third-order valence-corrected chi connectivity index (χ3v) is 6.44. The van der Waals surface area contributed by atoms with E-state index in [1.54, 1.807) is 0 Å². The van der Waals surface area contributed by atoms with Gasteiger partial charge in [-0.3, -0.25) is 4.79 Å². The van der Waals surface area contributed by atoms with E-state index in [9.17, 15) is 4.79 Å². The maximum absolute atomic E-state index is 12.6. The van der Waals surface area contributed by atoms with Gasteiger partial charge < -0.3 is 10.2 Å². The average molecular weight is 298 g/mol. The number of hydrogen-bond donors (Lipinski definition) is 1. The Balaban J connectivity index is 1.50. The van der Waals surface area contributed by atoms with Crippen LogP contribution >= 0.6 is 0 Å². The predicted molar refractivity (Wildman–Crippen MR) is 89.0 cm³/mol. The molecule has 118 valence electrons. The fourth-order valence-corrected chi connectivity index (χ4v) is 4.92. The Morgan fingerprint density at radius 1 is 1.18 bits per heavy atom. The van der Waals surface area contributed by atoms with E-state index in [-0.39, 0.29) is 11.3 Å². The minimum atomic E-state index is -0.261. The summed E-state index contributed by atoms with van der Waals surface area (Å²) in [4.78, 5) is 15.2. The summed E-state index contributed by atoms with van der Waals surface area (Å²) in [7, 11) is 0. The largest absolute Gasteiger partial charge is 0.325 e. The lowest BCUT2D eigenvalue weighted by Crippen LogP contribution is -2.50. The van der Waals surface area contributed by atoms with Crippen molar-refractivity contribution in [3.63, 3.8) is 0 Å². The zero-order chi connectivity index (χ0) is 15.2. The summed E-state index contributed by atoms with van der Waals surface area (Å²) in [5.74, 6) is 1.10. The molecule has 2 heterocycles. The van der Waals surface area contributed by atoms with Crippen molar-refractivity contribution in [1.82, 2.24) is 4.90 Å². The van der Waals surface area contributed by atoms with Crippen LogP contribution < -0.4 is 5.32 Å². The third-order valence-electron chi connectivity index (χ3n) is 6.44. The molecule has 1 aromatic carbocycles. The second kappa shape index (κ2) is 5.38. The molecule has 0 bridgehead atoms. The molecule has 1 N–H and O–H groups in total. The number of carbonyl (C=O) groups is 1. The van der Waals surface area contributed by atoms with Crippen LogP contribution in [-0.4, -0.2) is 29.9 Å². The number of para-hydroxylation sites is 1. The fraction of sp³-hybridized carbons (Fsp3) is 0.632. The van der Waals surface area contributed by atoms with Crippen LogP contribution in [0.3, 0.4) is 0 Å². The van der Waals surface area contributed by atoms with Gasteiger partial charge in [-0.1, -0.05) is 31.0 Å². The lowest BCUT2D eigenvalue weighted by molar-refractivity contribution is -0.122. The Morgan fingerprint density at radius 3 is 2.59 bits per heavy atom. The molecule has 0 aromatic heterocycles. The van der Waals surface area contributed by atoms with E-state index in [2.05, 4.69) is 29.3 Å². The number of nitrogens with zero attached hydrogens (tertiary/aromatic N) is 1. The predicted octanol–water partition coefficient (Wildman–Crippen LogP) is 3.55. The Kier molecular flexibility index (Phi) is 3.48. The summed E-state index contributed by atoms with van der Waals surface area (Å²) in [5.41, 5.74) is 2.00. The molecule has 22 heavy (non-hydrogen) atoms. The van der Waals surface area contributed by atoms with Crippen molar-refractivity contribution in [3.8, 4) is 0 Å². The quantitative estimate of drug-likeness (QED) is 0.905. The Bertz CT molecular complexity index is 569. The molecule has 1 aliphatic carbocycles. The molecule has 4 rings (SSSR count). The van der Waals surface area contributed by atoms with Gasteiger partial charge >= 0.3 is 0 Å². The number of benzene rings is 1. The van der Waals surface area contributed by atoms with Crippen LogP contribution in [0, 0.1) is 5.92 Å². The molecule has 3 heteroatoms. The maximum Gasteiger partial charge on any atom is 0.235 e. The number of hydrogen-bond acceptors (Lipinski definition) is 2. The summed E-state index contributed by atoms with van der Waals surface area (Å²) in [6.07, 6.45) is 7.53. The number of piperidine rings is 1. The van der Waals surface area contributed by atoms with E-state index >= 15 is 0 Å². The summed E-state index contributed by atoms with van der Waals surface area (Å²) in [6.45, 7) is 4.51. The van der Waals surface area contributed by atoms with Gasteiger partial charge in [-0.25, -0.2) is 0 Å². The standard InChI is InChI=1S/C19H26N2O/c1-14(15-6-2-3-7-15)21-12-10-19(11-13-21)16-8-4-5-9-17(16)20-18(19)22/h4-5,8-9,14-15H,2-3,6-7,10-13H2,1H3,(H,20,22). The first-order chi connectivity index (χ1) is 10.7. The van der Waals surface area contributed by atoms with Crippen molar-refractivity contribution in [2.45, 2.75) is 56.9 Å². The van der Waals surface area contributed by atoms with E-state index in [1.165, 1.54) is 31.2 Å². The molecule has 1 unspecified atom stereocenters. The number of likely N-dealkylation sites (tertiary alicyclic amines) is 1. The van der Waals surface area contributed by atoms with E-state index < -0.39 is 0 Å². The van der Waals surface area contributed by atoms with Crippen molar-refractivity contribution < 1.29 is 4.79 Å². The van der Waals surface area contributed by atoms with E-state index in [4.69, 9.17) is 0 Å². The maximum atomic E-state index is 12.6. The highest BCUT2D eigenvalue weighted by Gasteiger charge is 2.48. The van der Waals surface area contributed by atoms with E-state index in [1.807, 2.05) is 12.1 Å². The number of carbonyl (C=O) groups excluding carboxylic acids is 1. The van der Waals surface area contributed by atoms with Gasteiger partial charge in [0.15, 0.2) is 0 Å². The van der Waals surface area contributed by atoms with Gasteiger partial charge in [0.25, 0.3) is 0 Å². The lowest BCUT2D eigenvalue weighted by Gasteiger charge is -2.42.